The quantitative estimate of drug-likeness (QED) is 0.472. The predicted molar refractivity (Wildman–Crippen MR) is 118 cm³/mol. The van der Waals surface area contributed by atoms with Crippen molar-refractivity contribution < 1.29 is 9.53 Å². The van der Waals surface area contributed by atoms with Crippen LogP contribution in [0, 0.1) is 0 Å². The molecule has 1 amide bonds. The number of likely N-dealkylation sites (N-methyl/N-ethyl adjacent to an activating group) is 2. The molecule has 1 saturated heterocycles. The smallest absolute Gasteiger partial charge is 0.407 e. The molecular formula is C21H42N6O2. The summed E-state index contributed by atoms with van der Waals surface area (Å²) in [6.07, 6.45) is 3.61. The molecule has 0 aromatic rings. The lowest BCUT2D eigenvalue weighted by atomic mass is 9.91. The highest BCUT2D eigenvalue weighted by Crippen LogP contribution is 2.19. The summed E-state index contributed by atoms with van der Waals surface area (Å²) in [7, 11) is 4.36. The van der Waals surface area contributed by atoms with Crippen LogP contribution in [0.5, 0.6) is 0 Å². The van der Waals surface area contributed by atoms with E-state index in [-0.39, 0.29) is 12.1 Å². The average molecular weight is 411 g/mol. The summed E-state index contributed by atoms with van der Waals surface area (Å²) in [5.74, 6) is 0.901. The molecule has 8 heteroatoms. The van der Waals surface area contributed by atoms with Crippen LogP contribution in [0.2, 0.25) is 0 Å². The van der Waals surface area contributed by atoms with E-state index in [1.54, 1.807) is 0 Å². The number of nitrogens with one attached hydrogen (secondary N) is 3. The number of carbonyl (C=O) groups is 1. The molecule has 3 N–H and O–H groups in total. The van der Waals surface area contributed by atoms with Crippen molar-refractivity contribution in [2.45, 2.75) is 77.1 Å². The van der Waals surface area contributed by atoms with Crippen LogP contribution in [-0.2, 0) is 4.74 Å². The average Bonchev–Trinajstić information content (AvgIpc) is 2.62. The van der Waals surface area contributed by atoms with Crippen molar-refractivity contribution in [3.63, 3.8) is 0 Å². The number of rotatable bonds is 5. The molecule has 0 radical (unpaired) electrons. The first kappa shape index (κ1) is 23.7. The Morgan fingerprint density at radius 2 is 1.69 bits per heavy atom. The van der Waals surface area contributed by atoms with Gasteiger partial charge in [0.05, 0.1) is 6.54 Å². The van der Waals surface area contributed by atoms with Crippen molar-refractivity contribution >= 4 is 12.1 Å². The zero-order valence-corrected chi connectivity index (χ0v) is 19.3. The lowest BCUT2D eigenvalue weighted by molar-refractivity contribution is 0.0490. The summed E-state index contributed by atoms with van der Waals surface area (Å²) < 4.78 is 5.37. The summed E-state index contributed by atoms with van der Waals surface area (Å²) in [5, 5.41) is 9.99. The number of hydrogen-bond acceptors (Lipinski definition) is 5. The maximum absolute atomic E-state index is 12.0. The van der Waals surface area contributed by atoms with Crippen LogP contribution in [0.3, 0.4) is 0 Å². The van der Waals surface area contributed by atoms with E-state index in [1.807, 2.05) is 20.8 Å². The molecule has 2 aliphatic rings. The first-order chi connectivity index (χ1) is 13.7. The molecule has 8 nitrogen and oxygen atoms in total. The molecule has 1 unspecified atom stereocenters. The van der Waals surface area contributed by atoms with Gasteiger partial charge in [0.1, 0.15) is 5.60 Å². The van der Waals surface area contributed by atoms with Gasteiger partial charge in [0.2, 0.25) is 0 Å². The third-order valence-corrected chi connectivity index (χ3v) is 5.57. The number of guanidine groups is 1. The van der Waals surface area contributed by atoms with Gasteiger partial charge in [-0.2, -0.15) is 0 Å². The molecule has 29 heavy (non-hydrogen) atoms. The molecule has 2 fully saturated rings. The molecular weight excluding hydrogens is 368 g/mol. The van der Waals surface area contributed by atoms with E-state index in [1.165, 1.54) is 0 Å². The second-order valence-corrected chi connectivity index (χ2v) is 9.46. The molecule has 0 aromatic heterocycles. The summed E-state index contributed by atoms with van der Waals surface area (Å²) in [6, 6.07) is 1.03. The van der Waals surface area contributed by atoms with Gasteiger partial charge >= 0.3 is 6.09 Å². The Labute approximate surface area is 176 Å². The first-order valence-electron chi connectivity index (χ1n) is 11.1. The number of amides is 1. The summed E-state index contributed by atoms with van der Waals surface area (Å²) >= 11 is 0. The van der Waals surface area contributed by atoms with Crippen molar-refractivity contribution in [2.24, 2.45) is 4.99 Å². The van der Waals surface area contributed by atoms with Gasteiger partial charge < -0.3 is 25.6 Å². The van der Waals surface area contributed by atoms with Crippen molar-refractivity contribution in [3.8, 4) is 0 Å². The van der Waals surface area contributed by atoms with Crippen LogP contribution in [0.1, 0.15) is 53.4 Å². The minimum absolute atomic E-state index is 0.189. The number of nitrogens with zero attached hydrogens (tertiary/aromatic N) is 3. The molecule has 0 aromatic carbocycles. The van der Waals surface area contributed by atoms with Crippen LogP contribution in [0.4, 0.5) is 4.79 Å². The Morgan fingerprint density at radius 3 is 2.28 bits per heavy atom. The van der Waals surface area contributed by atoms with Gasteiger partial charge in [-0.3, -0.25) is 9.89 Å². The minimum atomic E-state index is -0.457. The molecule has 1 aliphatic carbocycles. The highest BCUT2D eigenvalue weighted by molar-refractivity contribution is 5.80. The van der Waals surface area contributed by atoms with Gasteiger partial charge in [-0.1, -0.05) is 0 Å². The summed E-state index contributed by atoms with van der Waals surface area (Å²) in [4.78, 5) is 21.6. The zero-order chi connectivity index (χ0) is 21.4. The molecule has 168 valence electrons. The van der Waals surface area contributed by atoms with Gasteiger partial charge in [0, 0.05) is 44.3 Å². The third-order valence-electron chi connectivity index (χ3n) is 5.57. The van der Waals surface area contributed by atoms with Crippen LogP contribution in [0.25, 0.3) is 0 Å². The Bertz CT molecular complexity index is 540. The van der Waals surface area contributed by atoms with Crippen LogP contribution >= 0.6 is 0 Å². The van der Waals surface area contributed by atoms with E-state index in [4.69, 9.17) is 9.73 Å². The standard InChI is InChI=1S/C21H42N6O2/c1-7-22-19(23-14-18-15-26(5)12-13-27(18)6)24-16-8-10-17(11-9-16)25-20(28)29-21(2,3)4/h16-18H,7-15H2,1-6H3,(H,25,28)(H2,22,23,24). The van der Waals surface area contributed by atoms with Gasteiger partial charge in [-0.05, 0) is 67.5 Å². The summed E-state index contributed by atoms with van der Waals surface area (Å²) in [6.45, 7) is 12.7. The fourth-order valence-corrected chi connectivity index (χ4v) is 3.86. The molecule has 1 aliphatic heterocycles. The maximum atomic E-state index is 12.0. The van der Waals surface area contributed by atoms with E-state index in [9.17, 15) is 4.79 Å². The Morgan fingerprint density at radius 1 is 1.07 bits per heavy atom. The summed E-state index contributed by atoms with van der Waals surface area (Å²) in [5.41, 5.74) is -0.457. The van der Waals surface area contributed by atoms with Crippen LogP contribution < -0.4 is 16.0 Å². The Balaban J connectivity index is 1.79. The number of alkyl carbamates (subject to hydrolysis) is 1. The van der Waals surface area contributed by atoms with E-state index >= 15 is 0 Å². The molecule has 0 bridgehead atoms. The van der Waals surface area contributed by atoms with E-state index in [2.05, 4.69) is 46.8 Å². The first-order valence-corrected chi connectivity index (χ1v) is 11.1. The van der Waals surface area contributed by atoms with Crippen molar-refractivity contribution in [1.82, 2.24) is 25.8 Å². The minimum Gasteiger partial charge on any atom is -0.444 e. The number of hydrogen-bond donors (Lipinski definition) is 3. The molecule has 1 atom stereocenters. The normalized spacial score (nSPS) is 27.4. The highest BCUT2D eigenvalue weighted by atomic mass is 16.6. The molecule has 1 saturated carbocycles. The van der Waals surface area contributed by atoms with E-state index < -0.39 is 5.60 Å². The lowest BCUT2D eigenvalue weighted by Crippen LogP contribution is -2.52. The van der Waals surface area contributed by atoms with Gasteiger partial charge in [-0.15, -0.1) is 0 Å². The van der Waals surface area contributed by atoms with E-state index in [0.29, 0.717) is 12.1 Å². The predicted octanol–water partition coefficient (Wildman–Crippen LogP) is 1.62. The van der Waals surface area contributed by atoms with Crippen LogP contribution in [0.15, 0.2) is 4.99 Å². The van der Waals surface area contributed by atoms with Gasteiger partial charge in [0.15, 0.2) is 5.96 Å². The number of piperazine rings is 1. The second kappa shape index (κ2) is 11.0. The maximum Gasteiger partial charge on any atom is 0.407 e. The zero-order valence-electron chi connectivity index (χ0n) is 19.3. The molecule has 0 spiro atoms. The fourth-order valence-electron chi connectivity index (χ4n) is 3.86. The Kier molecular flexibility index (Phi) is 9.02. The lowest BCUT2D eigenvalue weighted by Gasteiger charge is -2.37. The molecule has 1 heterocycles. The van der Waals surface area contributed by atoms with Crippen LogP contribution in [-0.4, -0.2) is 92.4 Å². The third kappa shape index (κ3) is 8.78. The SMILES string of the molecule is CCNC(=NCC1CN(C)CCN1C)NC1CCC(NC(=O)OC(C)(C)C)CC1. The molecule has 2 rings (SSSR count). The second-order valence-electron chi connectivity index (χ2n) is 9.46. The number of carbonyl (C=O) groups excluding carboxylic acids is 1. The monoisotopic (exact) mass is 410 g/mol. The van der Waals surface area contributed by atoms with Crippen molar-refractivity contribution in [3.05, 3.63) is 0 Å². The topological polar surface area (TPSA) is 81.2 Å². The van der Waals surface area contributed by atoms with E-state index in [0.717, 1.165) is 64.4 Å². The highest BCUT2D eigenvalue weighted by Gasteiger charge is 2.26. The van der Waals surface area contributed by atoms with Gasteiger partial charge in [0.25, 0.3) is 0 Å². The van der Waals surface area contributed by atoms with Gasteiger partial charge in [-0.25, -0.2) is 4.79 Å². The fraction of sp³-hybridized carbons (Fsp3) is 0.905. The number of aliphatic imine (C=N–C) groups is 1. The van der Waals surface area contributed by atoms with Crippen molar-refractivity contribution in [1.29, 1.82) is 0 Å². The van der Waals surface area contributed by atoms with Crippen molar-refractivity contribution in [2.75, 3.05) is 46.8 Å². The largest absolute Gasteiger partial charge is 0.444 e. The number of ether oxygens (including phenoxy) is 1. The Hall–Kier alpha value is -1.54.